The lowest BCUT2D eigenvalue weighted by Crippen LogP contribution is -2.45. The van der Waals surface area contributed by atoms with Crippen molar-refractivity contribution in [2.45, 2.75) is 122 Å². The van der Waals surface area contributed by atoms with Crippen LogP contribution in [-0.4, -0.2) is 76.4 Å². The third-order valence-corrected chi connectivity index (χ3v) is 6.79. The molecule has 0 rings (SSSR count). The van der Waals surface area contributed by atoms with Gasteiger partial charge < -0.3 is 13.7 Å². The second-order valence-corrected chi connectivity index (χ2v) is 12.0. The zero-order chi connectivity index (χ0) is 24.8. The summed E-state index contributed by atoms with van der Waals surface area (Å²) in [6.45, 7) is 6.05. The van der Waals surface area contributed by atoms with E-state index in [1.165, 1.54) is 109 Å². The molecule has 0 N–H and O–H groups in total. The molecule has 0 aromatic rings. The van der Waals surface area contributed by atoms with Gasteiger partial charge in [-0.05, 0) is 6.42 Å². The van der Waals surface area contributed by atoms with E-state index in [4.69, 9.17) is 4.74 Å². The highest BCUT2D eigenvalue weighted by Crippen LogP contribution is 2.14. The summed E-state index contributed by atoms with van der Waals surface area (Å²) in [4.78, 5) is 12.0. The summed E-state index contributed by atoms with van der Waals surface area (Å²) >= 11 is 0. The van der Waals surface area contributed by atoms with Crippen LogP contribution >= 0.6 is 0 Å². The van der Waals surface area contributed by atoms with Crippen LogP contribution in [0.5, 0.6) is 0 Å². The van der Waals surface area contributed by atoms with Crippen LogP contribution < -0.4 is 0 Å². The van der Waals surface area contributed by atoms with Crippen LogP contribution in [0.4, 0.5) is 0 Å². The van der Waals surface area contributed by atoms with Gasteiger partial charge in [-0.15, -0.1) is 0 Å². The first-order valence-corrected chi connectivity index (χ1v) is 14.4. The number of carbonyl (C=O) groups is 1. The summed E-state index contributed by atoms with van der Waals surface area (Å²) in [5.41, 5.74) is 0. The Hall–Kier alpha value is -0.610. The molecular weight excluding hydrogens is 408 g/mol. The van der Waals surface area contributed by atoms with E-state index in [9.17, 15) is 4.79 Å². The minimum Gasteiger partial charge on any atom is -0.460 e. The third kappa shape index (κ3) is 25.8. The minimum absolute atomic E-state index is 0.00767. The van der Waals surface area contributed by atoms with Crippen LogP contribution in [-0.2, 0) is 9.53 Å². The van der Waals surface area contributed by atoms with Gasteiger partial charge in [0.05, 0.1) is 48.3 Å². The fraction of sp³-hybridized carbons (Fsp3) is 0.966. The van der Waals surface area contributed by atoms with E-state index in [0.29, 0.717) is 13.0 Å². The normalized spacial score (nSPS) is 12.3. The van der Waals surface area contributed by atoms with E-state index in [-0.39, 0.29) is 5.97 Å². The molecule has 0 heterocycles. The number of likely N-dealkylation sites (N-methyl/N-ethyl adjacent to an activating group) is 1. The van der Waals surface area contributed by atoms with Crippen molar-refractivity contribution in [2.75, 3.05) is 61.5 Å². The first kappa shape index (κ1) is 32.4. The number of hydrogen-bond donors (Lipinski definition) is 0. The van der Waals surface area contributed by atoms with Crippen LogP contribution in [0.3, 0.4) is 0 Å². The van der Waals surface area contributed by atoms with E-state index in [1.54, 1.807) is 0 Å². The largest absolute Gasteiger partial charge is 0.460 e. The molecule has 0 spiro atoms. The Kier molecular flexibility index (Phi) is 20.4. The number of unbranched alkanes of at least 4 members (excludes halogenated alkanes) is 15. The summed E-state index contributed by atoms with van der Waals surface area (Å²) in [6.07, 6.45) is 23.5. The molecule has 198 valence electrons. The molecule has 4 nitrogen and oxygen atoms in total. The highest BCUT2D eigenvalue weighted by molar-refractivity contribution is 5.69. The Morgan fingerprint density at radius 3 is 1.39 bits per heavy atom. The van der Waals surface area contributed by atoms with Crippen LogP contribution in [0, 0.1) is 0 Å². The Bertz CT molecular complexity index is 443. The summed E-state index contributed by atoms with van der Waals surface area (Å²) in [5.74, 6) is -0.00767. The van der Waals surface area contributed by atoms with Gasteiger partial charge in [0.25, 0.3) is 0 Å². The Labute approximate surface area is 208 Å². The van der Waals surface area contributed by atoms with Crippen LogP contribution in [0.15, 0.2) is 0 Å². The monoisotopic (exact) mass is 470 g/mol. The predicted octanol–water partition coefficient (Wildman–Crippen LogP) is 7.35. The lowest BCUT2D eigenvalue weighted by Gasteiger charge is -2.31. The molecule has 0 aliphatic heterocycles. The molecule has 33 heavy (non-hydrogen) atoms. The molecule has 0 aliphatic rings. The summed E-state index contributed by atoms with van der Waals surface area (Å²) in [5, 5.41) is 0. The molecule has 4 heteroatoms. The maximum Gasteiger partial charge on any atom is 0.305 e. The lowest BCUT2D eigenvalue weighted by atomic mass is 10.0. The predicted molar refractivity (Wildman–Crippen MR) is 144 cm³/mol. The Morgan fingerprint density at radius 2 is 0.970 bits per heavy atom. The minimum atomic E-state index is -0.00767. The molecule has 0 fully saturated rings. The van der Waals surface area contributed by atoms with Crippen LogP contribution in [0.2, 0.25) is 0 Å². The fourth-order valence-electron chi connectivity index (χ4n) is 4.38. The molecule has 0 aromatic carbocycles. The topological polar surface area (TPSA) is 26.3 Å². The lowest BCUT2D eigenvalue weighted by molar-refractivity contribution is -0.902. The van der Waals surface area contributed by atoms with Gasteiger partial charge >= 0.3 is 5.97 Å². The highest BCUT2D eigenvalue weighted by atomic mass is 16.5. The van der Waals surface area contributed by atoms with Gasteiger partial charge in [-0.25, -0.2) is 0 Å². The zero-order valence-electron chi connectivity index (χ0n) is 23.8. The summed E-state index contributed by atoms with van der Waals surface area (Å²) < 4.78 is 7.42. The quantitative estimate of drug-likeness (QED) is 0.0837. The molecule has 0 unspecified atom stereocenters. The molecule has 0 bridgehead atoms. The van der Waals surface area contributed by atoms with Gasteiger partial charge in [0.1, 0.15) is 13.2 Å². The first-order valence-electron chi connectivity index (χ1n) is 14.4. The van der Waals surface area contributed by atoms with Crippen molar-refractivity contribution in [3.63, 3.8) is 0 Å². The first-order chi connectivity index (χ1) is 15.7. The van der Waals surface area contributed by atoms with Crippen LogP contribution in [0.1, 0.15) is 122 Å². The van der Waals surface area contributed by atoms with Crippen molar-refractivity contribution in [1.29, 1.82) is 0 Å². The number of esters is 1. The van der Waals surface area contributed by atoms with E-state index in [0.717, 1.165) is 28.5 Å². The average molecular weight is 471 g/mol. The molecule has 0 aromatic heterocycles. The molecule has 0 radical (unpaired) electrons. The maximum absolute atomic E-state index is 12.0. The smallest absolute Gasteiger partial charge is 0.305 e. The number of ether oxygens (including phenoxy) is 1. The van der Waals surface area contributed by atoms with Gasteiger partial charge in [-0.1, -0.05) is 103 Å². The van der Waals surface area contributed by atoms with Crippen molar-refractivity contribution in [3.8, 4) is 0 Å². The van der Waals surface area contributed by atoms with E-state index < -0.39 is 0 Å². The number of hydrogen-bond acceptors (Lipinski definition) is 2. The van der Waals surface area contributed by atoms with Crippen molar-refractivity contribution in [1.82, 2.24) is 0 Å². The summed E-state index contributed by atoms with van der Waals surface area (Å²) in [6, 6.07) is 0. The van der Waals surface area contributed by atoms with Gasteiger partial charge in [0.15, 0.2) is 0 Å². The fourth-order valence-corrected chi connectivity index (χ4v) is 4.38. The van der Waals surface area contributed by atoms with Gasteiger partial charge in [0.2, 0.25) is 0 Å². The number of rotatable bonds is 24. The third-order valence-electron chi connectivity index (χ3n) is 6.79. The maximum atomic E-state index is 12.0. The van der Waals surface area contributed by atoms with Crippen molar-refractivity contribution in [3.05, 3.63) is 0 Å². The molecule has 0 atom stereocenters. The van der Waals surface area contributed by atoms with Crippen molar-refractivity contribution >= 4 is 5.97 Å². The van der Waals surface area contributed by atoms with Crippen molar-refractivity contribution < 1.29 is 18.5 Å². The molecule has 0 saturated carbocycles. The zero-order valence-corrected chi connectivity index (χ0v) is 23.8. The van der Waals surface area contributed by atoms with Crippen LogP contribution in [0.25, 0.3) is 0 Å². The SMILES string of the molecule is CCCCCCCCCCCCCCCCCCC(=O)OCC[N+](C)(C)CCC[N+](C)(C)C. The second kappa shape index (κ2) is 20.7. The van der Waals surface area contributed by atoms with E-state index in [2.05, 4.69) is 42.2 Å². The van der Waals surface area contributed by atoms with E-state index in [1.807, 2.05) is 0 Å². The average Bonchev–Trinajstić information content (AvgIpc) is 2.72. The highest BCUT2D eigenvalue weighted by Gasteiger charge is 2.18. The number of quaternary nitrogens is 2. The number of carbonyl (C=O) groups excluding carboxylic acids is 1. The number of nitrogens with zero attached hydrogens (tertiary/aromatic N) is 2. The van der Waals surface area contributed by atoms with Gasteiger partial charge in [-0.3, -0.25) is 4.79 Å². The van der Waals surface area contributed by atoms with Gasteiger partial charge in [-0.2, -0.15) is 0 Å². The molecule has 0 aliphatic carbocycles. The molecule has 0 amide bonds. The van der Waals surface area contributed by atoms with Crippen molar-refractivity contribution in [2.24, 2.45) is 0 Å². The summed E-state index contributed by atoms with van der Waals surface area (Å²) in [7, 11) is 11.2. The Balaban J connectivity index is 3.39. The van der Waals surface area contributed by atoms with E-state index >= 15 is 0 Å². The Morgan fingerprint density at radius 1 is 0.545 bits per heavy atom. The van der Waals surface area contributed by atoms with Gasteiger partial charge in [0, 0.05) is 12.8 Å². The molecule has 0 saturated heterocycles. The molecular formula is C29H62N2O2+2. The second-order valence-electron chi connectivity index (χ2n) is 12.0. The standard InChI is InChI=1S/C29H62N2O2/c1-7-8-9-10-11-12-13-14-15-16-17-18-19-20-21-22-24-29(32)33-28-27-31(5,6)26-23-25-30(2,3)4/h7-28H2,1-6H3/q+2.